The van der Waals surface area contributed by atoms with Crippen LogP contribution in [0.25, 0.3) is 0 Å². The van der Waals surface area contributed by atoms with Crippen molar-refractivity contribution in [1.82, 2.24) is 5.32 Å². The highest BCUT2D eigenvalue weighted by Crippen LogP contribution is 2.15. The van der Waals surface area contributed by atoms with Gasteiger partial charge in [-0.15, -0.1) is 0 Å². The van der Waals surface area contributed by atoms with Crippen LogP contribution in [0.5, 0.6) is 0 Å². The first-order valence-electron chi connectivity index (χ1n) is 6.52. The number of rotatable bonds is 8. The van der Waals surface area contributed by atoms with Crippen LogP contribution in [0.4, 0.5) is 0 Å². The Bertz CT molecular complexity index is 292. The van der Waals surface area contributed by atoms with Crippen molar-refractivity contribution in [3.8, 4) is 0 Å². The van der Waals surface area contributed by atoms with Crippen molar-refractivity contribution in [2.45, 2.75) is 32.6 Å². The van der Waals surface area contributed by atoms with Gasteiger partial charge in [0.15, 0.2) is 0 Å². The van der Waals surface area contributed by atoms with Crippen molar-refractivity contribution in [3.63, 3.8) is 0 Å². The Hall–Kier alpha value is -0.860. The Morgan fingerprint density at radius 2 is 1.82 bits per heavy atom. The Labute approximate surface area is 105 Å². The van der Waals surface area contributed by atoms with Gasteiger partial charge >= 0.3 is 0 Å². The monoisotopic (exact) mass is 235 g/mol. The zero-order valence-corrected chi connectivity index (χ0v) is 11.3. The molecule has 0 atom stereocenters. The average molecular weight is 235 g/mol. The van der Waals surface area contributed by atoms with Crippen molar-refractivity contribution in [3.05, 3.63) is 35.4 Å². The molecule has 1 aromatic rings. The standard InChI is InChI=1S/C15H25NO/c1-13(2)15-8-6-14(7-9-15)5-4-10-16-11-12-17-3/h6-9,13,16H,4-5,10-12H2,1-3H3. The van der Waals surface area contributed by atoms with E-state index in [2.05, 4.69) is 43.4 Å². The van der Waals surface area contributed by atoms with Gasteiger partial charge in [-0.3, -0.25) is 0 Å². The molecule has 1 N–H and O–H groups in total. The average Bonchev–Trinajstić information content (AvgIpc) is 2.34. The summed E-state index contributed by atoms with van der Waals surface area (Å²) in [6.45, 7) is 7.27. The predicted octanol–water partition coefficient (Wildman–Crippen LogP) is 2.98. The molecular formula is C15H25NO. The summed E-state index contributed by atoms with van der Waals surface area (Å²) in [7, 11) is 1.73. The largest absolute Gasteiger partial charge is 0.383 e. The molecule has 0 aliphatic rings. The lowest BCUT2D eigenvalue weighted by atomic mass is 10.0. The number of hydrogen-bond acceptors (Lipinski definition) is 2. The second-order valence-electron chi connectivity index (χ2n) is 4.74. The van der Waals surface area contributed by atoms with E-state index in [-0.39, 0.29) is 0 Å². The van der Waals surface area contributed by atoms with Gasteiger partial charge in [0.2, 0.25) is 0 Å². The fourth-order valence-corrected chi connectivity index (χ4v) is 1.79. The van der Waals surface area contributed by atoms with Crippen molar-refractivity contribution in [2.24, 2.45) is 0 Å². The molecule has 0 aliphatic carbocycles. The van der Waals surface area contributed by atoms with E-state index in [0.717, 1.165) is 26.1 Å². The minimum atomic E-state index is 0.625. The highest BCUT2D eigenvalue weighted by atomic mass is 16.5. The lowest BCUT2D eigenvalue weighted by Gasteiger charge is -2.07. The van der Waals surface area contributed by atoms with Crippen LogP contribution >= 0.6 is 0 Å². The van der Waals surface area contributed by atoms with E-state index in [4.69, 9.17) is 4.74 Å². The normalized spacial score (nSPS) is 11.1. The van der Waals surface area contributed by atoms with Crippen LogP contribution in [0, 0.1) is 0 Å². The number of ether oxygens (including phenoxy) is 1. The highest BCUT2D eigenvalue weighted by Gasteiger charge is 1.98. The number of benzene rings is 1. The molecular weight excluding hydrogens is 210 g/mol. The van der Waals surface area contributed by atoms with Gasteiger partial charge in [0, 0.05) is 13.7 Å². The minimum absolute atomic E-state index is 0.625. The molecule has 1 aromatic carbocycles. The minimum Gasteiger partial charge on any atom is -0.383 e. The predicted molar refractivity (Wildman–Crippen MR) is 73.6 cm³/mol. The van der Waals surface area contributed by atoms with Crippen LogP contribution in [0.1, 0.15) is 37.3 Å². The smallest absolute Gasteiger partial charge is 0.0587 e. The van der Waals surface area contributed by atoms with Crippen LogP contribution in [0.3, 0.4) is 0 Å². The van der Waals surface area contributed by atoms with Crippen molar-refractivity contribution < 1.29 is 4.74 Å². The van der Waals surface area contributed by atoms with E-state index in [1.165, 1.54) is 17.5 Å². The number of hydrogen-bond donors (Lipinski definition) is 1. The van der Waals surface area contributed by atoms with Gasteiger partial charge in [0.25, 0.3) is 0 Å². The molecule has 0 bridgehead atoms. The molecule has 0 unspecified atom stereocenters. The molecule has 0 heterocycles. The van der Waals surface area contributed by atoms with Gasteiger partial charge in [-0.05, 0) is 36.4 Å². The van der Waals surface area contributed by atoms with Gasteiger partial charge in [0.05, 0.1) is 6.61 Å². The number of methoxy groups -OCH3 is 1. The third-order valence-corrected chi connectivity index (χ3v) is 2.95. The molecule has 2 heteroatoms. The van der Waals surface area contributed by atoms with Gasteiger partial charge in [-0.1, -0.05) is 38.1 Å². The Morgan fingerprint density at radius 3 is 2.41 bits per heavy atom. The second kappa shape index (κ2) is 8.26. The van der Waals surface area contributed by atoms with Crippen molar-refractivity contribution in [2.75, 3.05) is 26.8 Å². The summed E-state index contributed by atoms with van der Waals surface area (Å²) >= 11 is 0. The van der Waals surface area contributed by atoms with Crippen molar-refractivity contribution in [1.29, 1.82) is 0 Å². The van der Waals surface area contributed by atoms with E-state index in [1.54, 1.807) is 7.11 Å². The molecule has 0 radical (unpaired) electrons. The van der Waals surface area contributed by atoms with Crippen molar-refractivity contribution >= 4 is 0 Å². The summed E-state index contributed by atoms with van der Waals surface area (Å²) in [5, 5.41) is 3.36. The topological polar surface area (TPSA) is 21.3 Å². The first-order valence-corrected chi connectivity index (χ1v) is 6.52. The molecule has 2 nitrogen and oxygen atoms in total. The Kier molecular flexibility index (Phi) is 6.90. The van der Waals surface area contributed by atoms with Gasteiger partial charge in [-0.25, -0.2) is 0 Å². The molecule has 0 fully saturated rings. The van der Waals surface area contributed by atoms with Crippen LogP contribution in [-0.4, -0.2) is 26.8 Å². The fraction of sp³-hybridized carbons (Fsp3) is 0.600. The first-order chi connectivity index (χ1) is 8.24. The summed E-state index contributed by atoms with van der Waals surface area (Å²) in [6, 6.07) is 9.01. The summed E-state index contributed by atoms with van der Waals surface area (Å²) in [5.41, 5.74) is 2.86. The molecule has 0 saturated heterocycles. The Morgan fingerprint density at radius 1 is 1.12 bits per heavy atom. The van der Waals surface area contributed by atoms with Gasteiger partial charge < -0.3 is 10.1 Å². The van der Waals surface area contributed by atoms with E-state index in [1.807, 2.05) is 0 Å². The number of nitrogens with one attached hydrogen (secondary N) is 1. The zero-order chi connectivity index (χ0) is 12.5. The second-order valence-corrected chi connectivity index (χ2v) is 4.74. The third-order valence-electron chi connectivity index (χ3n) is 2.95. The summed E-state index contributed by atoms with van der Waals surface area (Å²) < 4.78 is 4.98. The lowest BCUT2D eigenvalue weighted by Crippen LogP contribution is -2.20. The quantitative estimate of drug-likeness (QED) is 0.699. The maximum Gasteiger partial charge on any atom is 0.0587 e. The highest BCUT2D eigenvalue weighted by molar-refractivity contribution is 5.24. The molecule has 0 aliphatic heterocycles. The van der Waals surface area contributed by atoms with E-state index >= 15 is 0 Å². The number of aryl methyl sites for hydroxylation is 1. The molecule has 0 saturated carbocycles. The first kappa shape index (κ1) is 14.2. The molecule has 0 spiro atoms. The summed E-state index contributed by atoms with van der Waals surface area (Å²) in [5.74, 6) is 0.625. The summed E-state index contributed by atoms with van der Waals surface area (Å²) in [4.78, 5) is 0. The molecule has 0 amide bonds. The lowest BCUT2D eigenvalue weighted by molar-refractivity contribution is 0.199. The van der Waals surface area contributed by atoms with Crippen LogP contribution in [-0.2, 0) is 11.2 Å². The maximum absolute atomic E-state index is 4.98. The molecule has 0 aromatic heterocycles. The van der Waals surface area contributed by atoms with E-state index in [9.17, 15) is 0 Å². The SMILES string of the molecule is COCCNCCCc1ccc(C(C)C)cc1. The third kappa shape index (κ3) is 5.85. The van der Waals surface area contributed by atoms with Crippen LogP contribution in [0.15, 0.2) is 24.3 Å². The van der Waals surface area contributed by atoms with Crippen LogP contribution in [0.2, 0.25) is 0 Å². The fourth-order valence-electron chi connectivity index (χ4n) is 1.79. The van der Waals surface area contributed by atoms with Gasteiger partial charge in [0.1, 0.15) is 0 Å². The summed E-state index contributed by atoms with van der Waals surface area (Å²) in [6.07, 6.45) is 2.34. The zero-order valence-electron chi connectivity index (χ0n) is 11.3. The molecule has 1 rings (SSSR count). The van der Waals surface area contributed by atoms with E-state index in [0.29, 0.717) is 5.92 Å². The van der Waals surface area contributed by atoms with Crippen LogP contribution < -0.4 is 5.32 Å². The Balaban J connectivity index is 2.19. The maximum atomic E-state index is 4.98. The molecule has 96 valence electrons. The van der Waals surface area contributed by atoms with E-state index < -0.39 is 0 Å². The van der Waals surface area contributed by atoms with Gasteiger partial charge in [-0.2, -0.15) is 0 Å². The molecule has 17 heavy (non-hydrogen) atoms.